The summed E-state index contributed by atoms with van der Waals surface area (Å²) < 4.78 is 15.7. The quantitative estimate of drug-likeness (QED) is 0.786. The number of hydrogen-bond donors (Lipinski definition) is 0. The van der Waals surface area contributed by atoms with E-state index in [9.17, 15) is 4.79 Å². The summed E-state index contributed by atoms with van der Waals surface area (Å²) in [5, 5.41) is 0. The summed E-state index contributed by atoms with van der Waals surface area (Å²) in [7, 11) is 4.60. The van der Waals surface area contributed by atoms with E-state index in [4.69, 9.17) is 14.2 Å². The second kappa shape index (κ2) is 5.51. The predicted octanol–water partition coefficient (Wildman–Crippen LogP) is 2.77. The minimum absolute atomic E-state index is 0.309. The van der Waals surface area contributed by atoms with Crippen molar-refractivity contribution in [2.45, 2.75) is 33.1 Å². The van der Waals surface area contributed by atoms with E-state index in [-0.39, 0.29) is 5.97 Å². The largest absolute Gasteiger partial charge is 0.496 e. The lowest BCUT2D eigenvalue weighted by Gasteiger charge is -2.26. The van der Waals surface area contributed by atoms with Crippen LogP contribution < -0.4 is 9.47 Å². The molecule has 0 atom stereocenters. The number of rotatable bonds is 4. The zero-order valence-electron chi connectivity index (χ0n) is 12.7. The van der Waals surface area contributed by atoms with Crippen LogP contribution in [0.3, 0.4) is 0 Å². The number of benzene rings is 1. The highest BCUT2D eigenvalue weighted by molar-refractivity contribution is 5.84. The first kappa shape index (κ1) is 15.3. The molecule has 0 heterocycles. The Morgan fingerprint density at radius 1 is 1.05 bits per heavy atom. The zero-order valence-corrected chi connectivity index (χ0v) is 12.7. The van der Waals surface area contributed by atoms with Crippen LogP contribution in [0.2, 0.25) is 0 Å². The Morgan fingerprint density at radius 3 is 2.05 bits per heavy atom. The second-order valence-electron chi connectivity index (χ2n) is 5.03. The average Bonchev–Trinajstić information content (AvgIpc) is 2.40. The van der Waals surface area contributed by atoms with Crippen LogP contribution in [0.25, 0.3) is 0 Å². The summed E-state index contributed by atoms with van der Waals surface area (Å²) in [5.41, 5.74) is 1.94. The van der Waals surface area contributed by atoms with Gasteiger partial charge in [0.25, 0.3) is 0 Å². The Balaban J connectivity index is 3.58. The van der Waals surface area contributed by atoms with Crippen molar-refractivity contribution >= 4 is 5.97 Å². The molecule has 1 aromatic carbocycles. The third-order valence-electron chi connectivity index (χ3n) is 3.59. The van der Waals surface area contributed by atoms with Gasteiger partial charge in [0.2, 0.25) is 0 Å². The maximum absolute atomic E-state index is 12.0. The van der Waals surface area contributed by atoms with Crippen molar-refractivity contribution in [3.8, 4) is 11.5 Å². The highest BCUT2D eigenvalue weighted by Crippen LogP contribution is 2.40. The average molecular weight is 266 g/mol. The smallest absolute Gasteiger partial charge is 0.315 e. The monoisotopic (exact) mass is 266 g/mol. The van der Waals surface area contributed by atoms with Gasteiger partial charge >= 0.3 is 5.97 Å². The van der Waals surface area contributed by atoms with Gasteiger partial charge in [-0.2, -0.15) is 0 Å². The lowest BCUT2D eigenvalue weighted by molar-refractivity contribution is -0.146. The van der Waals surface area contributed by atoms with Gasteiger partial charge in [-0.3, -0.25) is 4.79 Å². The van der Waals surface area contributed by atoms with Crippen LogP contribution >= 0.6 is 0 Å². The molecule has 19 heavy (non-hydrogen) atoms. The van der Waals surface area contributed by atoms with Crippen molar-refractivity contribution in [2.75, 3.05) is 21.3 Å². The zero-order chi connectivity index (χ0) is 14.8. The van der Waals surface area contributed by atoms with Gasteiger partial charge in [-0.15, -0.1) is 0 Å². The number of esters is 1. The van der Waals surface area contributed by atoms with E-state index < -0.39 is 5.41 Å². The number of carbonyl (C=O) groups is 1. The van der Waals surface area contributed by atoms with Gasteiger partial charge in [-0.1, -0.05) is 0 Å². The number of methoxy groups -OCH3 is 3. The van der Waals surface area contributed by atoms with Crippen molar-refractivity contribution in [3.63, 3.8) is 0 Å². The molecular weight excluding hydrogens is 244 g/mol. The van der Waals surface area contributed by atoms with E-state index in [1.54, 1.807) is 14.2 Å². The molecule has 0 N–H and O–H groups in total. The lowest BCUT2D eigenvalue weighted by atomic mass is 9.82. The fraction of sp³-hybridized carbons (Fsp3) is 0.533. The van der Waals surface area contributed by atoms with E-state index in [1.165, 1.54) is 7.11 Å². The molecule has 0 amide bonds. The molecule has 0 fully saturated rings. The Bertz CT molecular complexity index is 489. The summed E-state index contributed by atoms with van der Waals surface area (Å²) in [6, 6.07) is 1.85. The van der Waals surface area contributed by atoms with Gasteiger partial charge in [-0.05, 0) is 44.9 Å². The van der Waals surface area contributed by atoms with E-state index in [0.29, 0.717) is 5.75 Å². The molecule has 0 bridgehead atoms. The maximum atomic E-state index is 12.0. The van der Waals surface area contributed by atoms with Gasteiger partial charge in [0.15, 0.2) is 0 Å². The summed E-state index contributed by atoms with van der Waals surface area (Å²) in [4.78, 5) is 12.0. The van der Waals surface area contributed by atoms with E-state index in [0.717, 1.165) is 22.4 Å². The van der Waals surface area contributed by atoms with E-state index in [2.05, 4.69) is 0 Å². The first-order valence-electron chi connectivity index (χ1n) is 6.12. The first-order chi connectivity index (χ1) is 8.81. The van der Waals surface area contributed by atoms with Crippen molar-refractivity contribution in [2.24, 2.45) is 0 Å². The SMILES string of the molecule is COC(=O)C(C)(C)c1cc(OC)c(C)c(C)c1OC. The van der Waals surface area contributed by atoms with Crippen LogP contribution in [0.4, 0.5) is 0 Å². The van der Waals surface area contributed by atoms with Crippen LogP contribution in [-0.2, 0) is 14.9 Å². The molecule has 0 aliphatic heterocycles. The van der Waals surface area contributed by atoms with Crippen LogP contribution in [0.5, 0.6) is 11.5 Å². The van der Waals surface area contributed by atoms with Gasteiger partial charge in [-0.25, -0.2) is 0 Å². The third kappa shape index (κ3) is 2.53. The van der Waals surface area contributed by atoms with Crippen LogP contribution in [-0.4, -0.2) is 27.3 Å². The highest BCUT2D eigenvalue weighted by atomic mass is 16.5. The molecule has 0 saturated carbocycles. The van der Waals surface area contributed by atoms with Crippen LogP contribution in [0.1, 0.15) is 30.5 Å². The molecule has 4 heteroatoms. The Hall–Kier alpha value is -1.71. The van der Waals surface area contributed by atoms with Crippen LogP contribution in [0.15, 0.2) is 6.07 Å². The Morgan fingerprint density at radius 2 is 1.63 bits per heavy atom. The van der Waals surface area contributed by atoms with Gasteiger partial charge < -0.3 is 14.2 Å². The maximum Gasteiger partial charge on any atom is 0.315 e. The topological polar surface area (TPSA) is 44.8 Å². The highest BCUT2D eigenvalue weighted by Gasteiger charge is 2.35. The molecule has 0 saturated heterocycles. The van der Waals surface area contributed by atoms with Crippen molar-refractivity contribution in [1.29, 1.82) is 0 Å². The molecule has 0 radical (unpaired) electrons. The van der Waals surface area contributed by atoms with Gasteiger partial charge in [0, 0.05) is 5.56 Å². The third-order valence-corrected chi connectivity index (χ3v) is 3.59. The summed E-state index contributed by atoms with van der Waals surface area (Å²) in [6.07, 6.45) is 0. The van der Waals surface area contributed by atoms with Crippen molar-refractivity contribution < 1.29 is 19.0 Å². The standard InChI is InChI=1S/C15H22O4/c1-9-10(2)13(18-6)11(8-12(9)17-5)15(3,4)14(16)19-7/h8H,1-7H3. The Kier molecular flexibility index (Phi) is 4.45. The molecule has 0 aliphatic rings. The second-order valence-corrected chi connectivity index (χ2v) is 5.03. The predicted molar refractivity (Wildman–Crippen MR) is 74.1 cm³/mol. The number of ether oxygens (including phenoxy) is 3. The minimum Gasteiger partial charge on any atom is -0.496 e. The molecule has 1 aromatic rings. The molecule has 0 unspecified atom stereocenters. The Labute approximate surface area is 114 Å². The molecule has 0 aliphatic carbocycles. The van der Waals surface area contributed by atoms with E-state index >= 15 is 0 Å². The molecule has 0 spiro atoms. The summed E-state index contributed by atoms with van der Waals surface area (Å²) >= 11 is 0. The first-order valence-corrected chi connectivity index (χ1v) is 6.12. The van der Waals surface area contributed by atoms with Gasteiger partial charge in [0.1, 0.15) is 11.5 Å². The van der Waals surface area contributed by atoms with Crippen molar-refractivity contribution in [3.05, 3.63) is 22.8 Å². The van der Waals surface area contributed by atoms with Crippen molar-refractivity contribution in [1.82, 2.24) is 0 Å². The van der Waals surface area contributed by atoms with Crippen LogP contribution in [0, 0.1) is 13.8 Å². The summed E-state index contributed by atoms with van der Waals surface area (Å²) in [5.74, 6) is 1.13. The normalized spacial score (nSPS) is 11.1. The molecule has 1 rings (SSSR count). The molecular formula is C15H22O4. The number of carbonyl (C=O) groups excluding carboxylic acids is 1. The van der Waals surface area contributed by atoms with E-state index in [1.807, 2.05) is 33.8 Å². The molecule has 4 nitrogen and oxygen atoms in total. The molecule has 106 valence electrons. The molecule has 0 aromatic heterocycles. The lowest BCUT2D eigenvalue weighted by Crippen LogP contribution is -2.31. The fourth-order valence-corrected chi connectivity index (χ4v) is 2.17. The summed E-state index contributed by atoms with van der Waals surface area (Å²) in [6.45, 7) is 7.54. The van der Waals surface area contributed by atoms with Gasteiger partial charge in [0.05, 0.1) is 26.7 Å². The fourth-order valence-electron chi connectivity index (χ4n) is 2.17. The minimum atomic E-state index is -0.800. The number of hydrogen-bond acceptors (Lipinski definition) is 4.